The van der Waals surface area contributed by atoms with Crippen LogP contribution in [0.5, 0.6) is 0 Å². The maximum Gasteiger partial charge on any atom is 0.417 e. The average molecular weight is 1050 g/mol. The highest BCUT2D eigenvalue weighted by Crippen LogP contribution is 2.56. The van der Waals surface area contributed by atoms with Gasteiger partial charge in [0.25, 0.3) is 0 Å². The highest BCUT2D eigenvalue weighted by molar-refractivity contribution is 6.16. The Morgan fingerprint density at radius 3 is 1.39 bits per heavy atom. The van der Waals surface area contributed by atoms with Crippen molar-refractivity contribution < 1.29 is 26.3 Å². The largest absolute Gasteiger partial charge is 0.417 e. The van der Waals surface area contributed by atoms with Gasteiger partial charge >= 0.3 is 12.4 Å². The fourth-order valence-corrected chi connectivity index (χ4v) is 13.4. The molecule has 0 bridgehead atoms. The molecular weight excluding hydrogens is 1010 g/mol. The summed E-state index contributed by atoms with van der Waals surface area (Å²) in [5, 5.41) is 14.7. The SMILES string of the molecule is N#Cc1ccc(-c2cc(-c3ccc(C(F)(F)F)cc3C(F)(F)F)ccc2-n2c3ccccc3c3c4c(ccc32)-c2ccccc2C4c2ccccc2)c(-n2c3ccccc3c3c4c(ccc32)-c2ccccc2C4c2ccccc2)c1. The van der Waals surface area contributed by atoms with E-state index in [0.29, 0.717) is 34.1 Å². The second-order valence-corrected chi connectivity index (χ2v) is 20.7. The van der Waals surface area contributed by atoms with E-state index in [9.17, 15) is 18.4 Å². The van der Waals surface area contributed by atoms with Crippen LogP contribution in [-0.2, 0) is 12.4 Å². The highest BCUT2D eigenvalue weighted by Gasteiger charge is 2.40. The Kier molecular flexibility index (Phi) is 10.4. The van der Waals surface area contributed by atoms with Crippen LogP contribution in [0.25, 0.3) is 99.5 Å². The lowest BCUT2D eigenvalue weighted by Crippen LogP contribution is -2.12. The molecule has 0 radical (unpaired) electrons. The van der Waals surface area contributed by atoms with Crippen molar-refractivity contribution in [2.45, 2.75) is 24.2 Å². The Balaban J connectivity index is 1.05. The zero-order valence-electron chi connectivity index (χ0n) is 42.3. The van der Waals surface area contributed by atoms with E-state index in [0.717, 1.165) is 94.2 Å². The lowest BCUT2D eigenvalue weighted by atomic mass is 9.87. The summed E-state index contributed by atoms with van der Waals surface area (Å²) >= 11 is 0. The molecule has 0 amide bonds. The summed E-state index contributed by atoms with van der Waals surface area (Å²) in [7, 11) is 0. The van der Waals surface area contributed by atoms with Gasteiger partial charge in [0, 0.05) is 44.5 Å². The number of nitriles is 1. The number of benzene rings is 11. The normalized spacial score (nSPS) is 14.6. The first-order valence-electron chi connectivity index (χ1n) is 26.3. The summed E-state index contributed by atoms with van der Waals surface area (Å²) in [6, 6.07) is 77.2. The summed E-state index contributed by atoms with van der Waals surface area (Å²) in [5.41, 5.74) is 14.2. The van der Waals surface area contributed by atoms with E-state index in [1.54, 1.807) is 24.3 Å². The van der Waals surface area contributed by atoms with Crippen molar-refractivity contribution in [2.75, 3.05) is 0 Å². The van der Waals surface area contributed by atoms with Gasteiger partial charge in [-0.1, -0.05) is 176 Å². The quantitative estimate of drug-likeness (QED) is 0.153. The number of para-hydroxylation sites is 2. The minimum atomic E-state index is -5.14. The third-order valence-corrected chi connectivity index (χ3v) is 16.6. The molecule has 3 nitrogen and oxygen atoms in total. The molecule has 2 aliphatic carbocycles. The van der Waals surface area contributed by atoms with E-state index in [4.69, 9.17) is 0 Å². The minimum absolute atomic E-state index is 0.0601. The number of nitrogens with zero attached hydrogens (tertiary/aromatic N) is 3. The molecule has 0 fully saturated rings. The van der Waals surface area contributed by atoms with Crippen molar-refractivity contribution in [2.24, 2.45) is 0 Å². The predicted octanol–water partition coefficient (Wildman–Crippen LogP) is 19.4. The van der Waals surface area contributed by atoms with Crippen LogP contribution in [0.15, 0.2) is 237 Å². The second-order valence-electron chi connectivity index (χ2n) is 20.7. The first-order chi connectivity index (χ1) is 39.0. The summed E-state index contributed by atoms with van der Waals surface area (Å²) in [6.45, 7) is 0. The van der Waals surface area contributed by atoms with E-state index in [1.165, 1.54) is 11.1 Å². The van der Waals surface area contributed by atoms with Gasteiger partial charge in [0.15, 0.2) is 0 Å². The number of fused-ring (bicyclic) bond motifs is 14. The number of halogens is 6. The second kappa shape index (κ2) is 17.6. The molecule has 2 aromatic heterocycles. The average Bonchev–Trinajstić information content (AvgIpc) is 4.42. The van der Waals surface area contributed by atoms with Gasteiger partial charge in [0.2, 0.25) is 0 Å². The Bertz CT molecular complexity index is 4770. The van der Waals surface area contributed by atoms with E-state index in [-0.39, 0.29) is 23.5 Å². The molecule has 2 unspecified atom stereocenters. The first-order valence-corrected chi connectivity index (χ1v) is 26.3. The number of rotatable bonds is 6. The molecule has 15 rings (SSSR count). The molecule has 0 saturated heterocycles. The van der Waals surface area contributed by atoms with Crippen LogP contribution < -0.4 is 0 Å². The predicted molar refractivity (Wildman–Crippen MR) is 306 cm³/mol. The van der Waals surface area contributed by atoms with Crippen molar-refractivity contribution >= 4 is 43.6 Å². The lowest BCUT2D eigenvalue weighted by Gasteiger charge is -2.21. The van der Waals surface area contributed by atoms with Crippen molar-refractivity contribution in [3.63, 3.8) is 0 Å². The summed E-state index contributed by atoms with van der Waals surface area (Å²) in [5.74, 6) is -0.236. The monoisotopic (exact) mass is 1050 g/mol. The summed E-state index contributed by atoms with van der Waals surface area (Å²) < 4.78 is 92.9. The molecule has 0 aliphatic heterocycles. The highest BCUT2D eigenvalue weighted by atomic mass is 19.4. The van der Waals surface area contributed by atoms with Gasteiger partial charge in [-0.2, -0.15) is 31.6 Å². The van der Waals surface area contributed by atoms with Crippen LogP contribution in [0.1, 0.15) is 61.9 Å². The molecule has 2 heterocycles. The number of alkyl halides is 6. The molecule has 0 spiro atoms. The maximum atomic E-state index is 15.3. The van der Waals surface area contributed by atoms with Crippen molar-refractivity contribution in [3.8, 4) is 62.0 Å². The van der Waals surface area contributed by atoms with Crippen LogP contribution in [0, 0.1) is 11.3 Å². The third kappa shape index (κ3) is 7.01. The molecule has 0 saturated carbocycles. The van der Waals surface area contributed by atoms with Crippen molar-refractivity contribution in [3.05, 3.63) is 287 Å². The van der Waals surface area contributed by atoms with Gasteiger partial charge < -0.3 is 9.13 Å². The number of aromatic nitrogens is 2. The molecule has 2 aliphatic rings. The number of hydrogen-bond acceptors (Lipinski definition) is 1. The molecule has 11 aromatic carbocycles. The molecule has 2 atom stereocenters. The number of hydrogen-bond donors (Lipinski definition) is 0. The van der Waals surface area contributed by atoms with Crippen LogP contribution in [0.3, 0.4) is 0 Å². The Morgan fingerprint density at radius 1 is 0.362 bits per heavy atom. The van der Waals surface area contributed by atoms with Gasteiger partial charge in [-0.15, -0.1) is 0 Å². The van der Waals surface area contributed by atoms with E-state index < -0.39 is 29.0 Å². The van der Waals surface area contributed by atoms with Gasteiger partial charge in [-0.25, -0.2) is 0 Å². The summed E-state index contributed by atoms with van der Waals surface area (Å²) in [6.07, 6.45) is -10.2. The van der Waals surface area contributed by atoms with E-state index >= 15 is 13.2 Å². The van der Waals surface area contributed by atoms with Crippen LogP contribution in [0.4, 0.5) is 26.3 Å². The third-order valence-electron chi connectivity index (χ3n) is 16.6. The smallest absolute Gasteiger partial charge is 0.309 e. The lowest BCUT2D eigenvalue weighted by molar-refractivity contribution is -0.142. The first kappa shape index (κ1) is 47.3. The zero-order chi connectivity index (χ0) is 54.2. The van der Waals surface area contributed by atoms with Crippen LogP contribution in [0.2, 0.25) is 0 Å². The molecule has 382 valence electrons. The van der Waals surface area contributed by atoms with Crippen LogP contribution in [-0.4, -0.2) is 9.13 Å². The van der Waals surface area contributed by atoms with Crippen molar-refractivity contribution in [1.29, 1.82) is 5.26 Å². The van der Waals surface area contributed by atoms with Gasteiger partial charge in [-0.05, 0) is 127 Å². The summed E-state index contributed by atoms with van der Waals surface area (Å²) in [4.78, 5) is 0. The standard InChI is InChI=1S/C71H41F6N3/c72-70(73,74)45-29-31-46(57(39-45)71(75,76)77)44-28-34-60(79-58-25-13-11-23-54(58)66-61(79)35-32-52-47-19-7-9-21-50(47)64(68(52)66)42-15-3-1-4-16-42)56(38-44)49-30-27-41(40-78)37-63(49)80-59-26-14-12-24-55(59)67-62(80)36-33-53-48-20-8-10-22-51(48)65(69(53)67)43-17-5-2-6-18-43/h1-39,64-65H. The van der Waals surface area contributed by atoms with Gasteiger partial charge in [0.1, 0.15) is 0 Å². The molecule has 13 aromatic rings. The maximum absolute atomic E-state index is 15.3. The van der Waals surface area contributed by atoms with Gasteiger partial charge in [-0.3, -0.25) is 0 Å². The van der Waals surface area contributed by atoms with Crippen LogP contribution >= 0.6 is 0 Å². The van der Waals surface area contributed by atoms with E-state index in [1.807, 2.05) is 72.8 Å². The topological polar surface area (TPSA) is 33.6 Å². The van der Waals surface area contributed by atoms with Gasteiger partial charge in [0.05, 0.1) is 56.2 Å². The minimum Gasteiger partial charge on any atom is -0.309 e. The fourth-order valence-electron chi connectivity index (χ4n) is 13.4. The van der Waals surface area contributed by atoms with Crippen molar-refractivity contribution in [1.82, 2.24) is 9.13 Å². The molecule has 80 heavy (non-hydrogen) atoms. The fraction of sp³-hybridized carbons (Fsp3) is 0.0563. The van der Waals surface area contributed by atoms with E-state index in [2.05, 4.69) is 137 Å². The Morgan fingerprint density at radius 2 is 0.850 bits per heavy atom. The molecular formula is C71H41F6N3. The zero-order valence-corrected chi connectivity index (χ0v) is 42.3. The molecule has 0 N–H and O–H groups in total. The Labute approximate surface area is 455 Å². The Hall–Kier alpha value is -9.91. The molecule has 9 heteroatoms.